The van der Waals surface area contributed by atoms with Crippen LogP contribution in [0.25, 0.3) is 11.3 Å². The third-order valence-electron chi connectivity index (χ3n) is 2.78. The highest BCUT2D eigenvalue weighted by atomic mass is 16.5. The van der Waals surface area contributed by atoms with Gasteiger partial charge < -0.3 is 9.26 Å². The molecule has 0 N–H and O–H groups in total. The predicted octanol–water partition coefficient (Wildman–Crippen LogP) is 3.35. The van der Waals surface area contributed by atoms with E-state index in [1.54, 1.807) is 13.2 Å². The van der Waals surface area contributed by atoms with Crippen molar-refractivity contribution in [1.82, 2.24) is 5.16 Å². The Balaban J connectivity index is 2.48. The van der Waals surface area contributed by atoms with Gasteiger partial charge in [0.2, 0.25) is 0 Å². The van der Waals surface area contributed by atoms with Crippen molar-refractivity contribution in [3.8, 4) is 23.1 Å². The summed E-state index contributed by atoms with van der Waals surface area (Å²) in [6, 6.07) is 9.47. The van der Waals surface area contributed by atoms with Crippen molar-refractivity contribution < 1.29 is 9.26 Å². The zero-order valence-electron chi connectivity index (χ0n) is 10.6. The van der Waals surface area contributed by atoms with Crippen LogP contribution in [0.1, 0.15) is 31.0 Å². The van der Waals surface area contributed by atoms with Crippen molar-refractivity contribution >= 4 is 0 Å². The largest absolute Gasteiger partial charge is 0.496 e. The van der Waals surface area contributed by atoms with Gasteiger partial charge in [-0.15, -0.1) is 0 Å². The van der Waals surface area contributed by atoms with Crippen molar-refractivity contribution in [3.63, 3.8) is 0 Å². The molecule has 0 fully saturated rings. The van der Waals surface area contributed by atoms with Gasteiger partial charge in [0.15, 0.2) is 11.5 Å². The zero-order chi connectivity index (χ0) is 13.1. The van der Waals surface area contributed by atoms with E-state index in [2.05, 4.69) is 19.0 Å². The Morgan fingerprint density at radius 1 is 1.33 bits per heavy atom. The molecule has 18 heavy (non-hydrogen) atoms. The standard InChI is InChI=1S/C14H14N2O2/c1-9(2)10-4-5-12(13(6-10)17-3)14-7-11(8-15)16-18-14/h4-7,9H,1-3H3. The second-order valence-electron chi connectivity index (χ2n) is 4.30. The molecule has 1 aromatic carbocycles. The molecule has 0 aliphatic heterocycles. The van der Waals surface area contributed by atoms with E-state index in [1.165, 1.54) is 5.56 Å². The third kappa shape index (κ3) is 2.21. The molecule has 0 aliphatic carbocycles. The highest BCUT2D eigenvalue weighted by molar-refractivity contribution is 5.67. The average molecular weight is 242 g/mol. The lowest BCUT2D eigenvalue weighted by molar-refractivity contribution is 0.405. The molecule has 2 rings (SSSR count). The Bertz CT molecular complexity index is 594. The minimum Gasteiger partial charge on any atom is -0.496 e. The van der Waals surface area contributed by atoms with Gasteiger partial charge in [-0.05, 0) is 23.6 Å². The molecular formula is C14H14N2O2. The molecular weight excluding hydrogens is 228 g/mol. The van der Waals surface area contributed by atoms with E-state index in [4.69, 9.17) is 14.5 Å². The summed E-state index contributed by atoms with van der Waals surface area (Å²) in [6.45, 7) is 4.24. The first-order chi connectivity index (χ1) is 8.65. The lowest BCUT2D eigenvalue weighted by Gasteiger charge is -2.10. The van der Waals surface area contributed by atoms with Gasteiger partial charge in [-0.1, -0.05) is 25.1 Å². The molecule has 0 radical (unpaired) electrons. The fraction of sp³-hybridized carbons (Fsp3) is 0.286. The SMILES string of the molecule is COc1cc(C(C)C)ccc1-c1cc(C#N)no1. The lowest BCUT2D eigenvalue weighted by Crippen LogP contribution is -1.92. The number of hydrogen-bond donors (Lipinski definition) is 0. The average Bonchev–Trinajstić information content (AvgIpc) is 2.86. The predicted molar refractivity (Wildman–Crippen MR) is 67.3 cm³/mol. The molecule has 0 atom stereocenters. The van der Waals surface area contributed by atoms with Gasteiger partial charge in [0, 0.05) is 6.07 Å². The minimum atomic E-state index is 0.264. The summed E-state index contributed by atoms with van der Waals surface area (Å²) in [7, 11) is 1.62. The van der Waals surface area contributed by atoms with Gasteiger partial charge in [0.25, 0.3) is 0 Å². The van der Waals surface area contributed by atoms with Crippen LogP contribution in [0.4, 0.5) is 0 Å². The Hall–Kier alpha value is -2.28. The maximum atomic E-state index is 8.74. The maximum absolute atomic E-state index is 8.74. The van der Waals surface area contributed by atoms with Crippen LogP contribution >= 0.6 is 0 Å². The Kier molecular flexibility index (Phi) is 3.33. The first-order valence-electron chi connectivity index (χ1n) is 5.71. The van der Waals surface area contributed by atoms with Gasteiger partial charge in [-0.2, -0.15) is 5.26 Å². The number of hydrogen-bond acceptors (Lipinski definition) is 4. The van der Waals surface area contributed by atoms with Crippen molar-refractivity contribution in [3.05, 3.63) is 35.5 Å². The van der Waals surface area contributed by atoms with Gasteiger partial charge in [-0.25, -0.2) is 0 Å². The van der Waals surface area contributed by atoms with Gasteiger partial charge in [0.05, 0.1) is 12.7 Å². The summed E-state index contributed by atoms with van der Waals surface area (Å²) in [4.78, 5) is 0. The van der Waals surface area contributed by atoms with Gasteiger partial charge >= 0.3 is 0 Å². The number of nitrogens with zero attached hydrogens (tertiary/aromatic N) is 2. The summed E-state index contributed by atoms with van der Waals surface area (Å²) in [6.07, 6.45) is 0. The highest BCUT2D eigenvalue weighted by Gasteiger charge is 2.13. The number of benzene rings is 1. The Morgan fingerprint density at radius 3 is 2.67 bits per heavy atom. The zero-order valence-corrected chi connectivity index (χ0v) is 10.6. The van der Waals surface area contributed by atoms with Crippen LogP contribution in [0.15, 0.2) is 28.8 Å². The van der Waals surface area contributed by atoms with Crippen molar-refractivity contribution in [2.24, 2.45) is 0 Å². The molecule has 4 nitrogen and oxygen atoms in total. The molecule has 0 saturated carbocycles. The van der Waals surface area contributed by atoms with Crippen molar-refractivity contribution in [2.45, 2.75) is 19.8 Å². The number of rotatable bonds is 3. The number of nitriles is 1. The first-order valence-corrected chi connectivity index (χ1v) is 5.71. The second kappa shape index (κ2) is 4.92. The smallest absolute Gasteiger partial charge is 0.184 e. The Labute approximate surface area is 106 Å². The summed E-state index contributed by atoms with van der Waals surface area (Å²) in [5.41, 5.74) is 2.26. The van der Waals surface area contributed by atoms with E-state index in [-0.39, 0.29) is 5.69 Å². The normalized spacial score (nSPS) is 10.4. The molecule has 92 valence electrons. The summed E-state index contributed by atoms with van der Waals surface area (Å²) < 4.78 is 10.5. The van der Waals surface area contributed by atoms with Gasteiger partial charge in [0.1, 0.15) is 11.8 Å². The van der Waals surface area contributed by atoms with E-state index in [1.807, 2.05) is 24.3 Å². The number of ether oxygens (including phenoxy) is 1. The third-order valence-corrected chi connectivity index (χ3v) is 2.78. The molecule has 2 aromatic rings. The number of aromatic nitrogens is 1. The molecule has 0 aliphatic rings. The van der Waals surface area contributed by atoms with E-state index < -0.39 is 0 Å². The first kappa shape index (κ1) is 12.2. The van der Waals surface area contributed by atoms with Crippen LogP contribution in [-0.4, -0.2) is 12.3 Å². The summed E-state index contributed by atoms with van der Waals surface area (Å²) in [5, 5.41) is 12.4. The molecule has 0 unspecified atom stereocenters. The van der Waals surface area contributed by atoms with E-state index in [9.17, 15) is 0 Å². The molecule has 1 aromatic heterocycles. The van der Waals surface area contributed by atoms with Gasteiger partial charge in [-0.3, -0.25) is 0 Å². The molecule has 1 heterocycles. The fourth-order valence-electron chi connectivity index (χ4n) is 1.73. The quantitative estimate of drug-likeness (QED) is 0.828. The van der Waals surface area contributed by atoms with E-state index in [0.717, 1.165) is 11.3 Å². The van der Waals surface area contributed by atoms with Crippen LogP contribution in [-0.2, 0) is 0 Å². The van der Waals surface area contributed by atoms with Crippen LogP contribution in [0.2, 0.25) is 0 Å². The molecule has 0 saturated heterocycles. The van der Waals surface area contributed by atoms with Crippen LogP contribution in [0.5, 0.6) is 5.75 Å². The molecule has 4 heteroatoms. The van der Waals surface area contributed by atoms with E-state index >= 15 is 0 Å². The maximum Gasteiger partial charge on any atom is 0.184 e. The fourth-order valence-corrected chi connectivity index (χ4v) is 1.73. The topological polar surface area (TPSA) is 59.0 Å². The monoisotopic (exact) mass is 242 g/mol. The Morgan fingerprint density at radius 2 is 2.11 bits per heavy atom. The summed E-state index contributed by atoms with van der Waals surface area (Å²) >= 11 is 0. The van der Waals surface area contributed by atoms with Crippen molar-refractivity contribution in [1.29, 1.82) is 5.26 Å². The highest BCUT2D eigenvalue weighted by Crippen LogP contribution is 2.33. The molecule has 0 spiro atoms. The molecule has 0 amide bonds. The van der Waals surface area contributed by atoms with E-state index in [0.29, 0.717) is 11.7 Å². The number of methoxy groups -OCH3 is 1. The molecule has 0 bridgehead atoms. The van der Waals surface area contributed by atoms with Crippen LogP contribution < -0.4 is 4.74 Å². The minimum absolute atomic E-state index is 0.264. The lowest BCUT2D eigenvalue weighted by atomic mass is 10.00. The second-order valence-corrected chi connectivity index (χ2v) is 4.30. The van der Waals surface area contributed by atoms with Crippen molar-refractivity contribution in [2.75, 3.05) is 7.11 Å². The van der Waals surface area contributed by atoms with Crippen LogP contribution in [0, 0.1) is 11.3 Å². The van der Waals surface area contributed by atoms with Crippen LogP contribution in [0.3, 0.4) is 0 Å². The summed E-state index contributed by atoms with van der Waals surface area (Å²) in [5.74, 6) is 1.69.